The molecule has 1 N–H and O–H groups in total. The minimum atomic E-state index is -0.308. The minimum Gasteiger partial charge on any atom is -0.378 e. The second-order valence-electron chi connectivity index (χ2n) is 3.65. The van der Waals surface area contributed by atoms with Crippen LogP contribution in [0.2, 0.25) is 0 Å². The van der Waals surface area contributed by atoms with Gasteiger partial charge < -0.3 is 9.72 Å². The molecule has 0 unspecified atom stereocenters. The van der Waals surface area contributed by atoms with Crippen LogP contribution in [0.1, 0.15) is 5.69 Å². The summed E-state index contributed by atoms with van der Waals surface area (Å²) in [4.78, 5) is 7.34. The molecule has 0 spiro atoms. The van der Waals surface area contributed by atoms with E-state index in [9.17, 15) is 4.39 Å². The molecule has 3 nitrogen and oxygen atoms in total. The van der Waals surface area contributed by atoms with Crippen molar-refractivity contribution in [1.29, 1.82) is 0 Å². The molecule has 0 saturated heterocycles. The molecule has 0 fully saturated rings. The van der Waals surface area contributed by atoms with E-state index >= 15 is 0 Å². The summed E-state index contributed by atoms with van der Waals surface area (Å²) in [6, 6.07) is 6.14. The SMILES string of the molecule is COCc1cc(=S)nc(-c2ccc(F)cc2Br)[nH]1. The maximum Gasteiger partial charge on any atom is 0.140 e. The molecule has 6 heteroatoms. The lowest BCUT2D eigenvalue weighted by atomic mass is 10.2. The van der Waals surface area contributed by atoms with Gasteiger partial charge in [-0.2, -0.15) is 0 Å². The van der Waals surface area contributed by atoms with Crippen LogP contribution < -0.4 is 0 Å². The van der Waals surface area contributed by atoms with Crippen molar-refractivity contribution in [2.75, 3.05) is 7.11 Å². The van der Waals surface area contributed by atoms with Gasteiger partial charge in [-0.05, 0) is 40.2 Å². The Kier molecular flexibility index (Phi) is 4.21. The highest BCUT2D eigenvalue weighted by Gasteiger charge is 2.07. The fraction of sp³-hybridized carbons (Fsp3) is 0.167. The van der Waals surface area contributed by atoms with Crippen molar-refractivity contribution >= 4 is 28.1 Å². The van der Waals surface area contributed by atoms with E-state index in [0.29, 0.717) is 21.5 Å². The van der Waals surface area contributed by atoms with E-state index in [4.69, 9.17) is 17.0 Å². The number of benzene rings is 1. The molecule has 0 atom stereocenters. The highest BCUT2D eigenvalue weighted by molar-refractivity contribution is 9.10. The molecule has 2 rings (SSSR count). The molecule has 1 aromatic carbocycles. The quantitative estimate of drug-likeness (QED) is 0.869. The normalized spacial score (nSPS) is 10.6. The number of rotatable bonds is 3. The first-order chi connectivity index (χ1) is 8.60. The topological polar surface area (TPSA) is 37.9 Å². The Morgan fingerprint density at radius 3 is 2.89 bits per heavy atom. The molecular weight excluding hydrogens is 319 g/mol. The molecular formula is C12H10BrFN2OS. The molecule has 1 aromatic heterocycles. The van der Waals surface area contributed by atoms with Crippen LogP contribution in [0.25, 0.3) is 11.4 Å². The second kappa shape index (κ2) is 5.69. The molecule has 18 heavy (non-hydrogen) atoms. The van der Waals surface area contributed by atoms with Gasteiger partial charge in [-0.25, -0.2) is 9.37 Å². The van der Waals surface area contributed by atoms with Gasteiger partial charge in [0, 0.05) is 22.8 Å². The van der Waals surface area contributed by atoms with E-state index in [0.717, 1.165) is 11.3 Å². The third kappa shape index (κ3) is 3.01. The lowest BCUT2D eigenvalue weighted by molar-refractivity contribution is 0.181. The van der Waals surface area contributed by atoms with Gasteiger partial charge in [0.2, 0.25) is 0 Å². The van der Waals surface area contributed by atoms with Crippen molar-refractivity contribution in [3.8, 4) is 11.4 Å². The number of methoxy groups -OCH3 is 1. The van der Waals surface area contributed by atoms with Crippen LogP contribution in [0.4, 0.5) is 4.39 Å². The summed E-state index contributed by atoms with van der Waals surface area (Å²) in [5.74, 6) is 0.277. The first-order valence-corrected chi connectivity index (χ1v) is 6.35. The molecule has 1 heterocycles. The smallest absolute Gasteiger partial charge is 0.140 e. The van der Waals surface area contributed by atoms with E-state index < -0.39 is 0 Å². The van der Waals surface area contributed by atoms with Crippen molar-refractivity contribution < 1.29 is 9.13 Å². The molecule has 2 aromatic rings. The zero-order chi connectivity index (χ0) is 13.1. The number of aromatic amines is 1. The summed E-state index contributed by atoms with van der Waals surface area (Å²) < 4.78 is 19.2. The van der Waals surface area contributed by atoms with E-state index in [2.05, 4.69) is 25.9 Å². The lowest BCUT2D eigenvalue weighted by Crippen LogP contribution is -1.98. The summed E-state index contributed by atoms with van der Waals surface area (Å²) in [6.07, 6.45) is 0. The molecule has 94 valence electrons. The van der Waals surface area contributed by atoms with E-state index in [1.54, 1.807) is 19.2 Å². The Labute approximate surface area is 117 Å². The number of ether oxygens (including phenoxy) is 1. The number of hydrogen-bond donors (Lipinski definition) is 1. The lowest BCUT2D eigenvalue weighted by Gasteiger charge is -2.07. The number of aromatic nitrogens is 2. The highest BCUT2D eigenvalue weighted by atomic mass is 79.9. The van der Waals surface area contributed by atoms with Crippen molar-refractivity contribution in [1.82, 2.24) is 9.97 Å². The Morgan fingerprint density at radius 2 is 2.22 bits per heavy atom. The maximum atomic E-state index is 13.0. The van der Waals surface area contributed by atoms with Crippen LogP contribution in [0.15, 0.2) is 28.7 Å². The highest BCUT2D eigenvalue weighted by Crippen LogP contribution is 2.26. The zero-order valence-electron chi connectivity index (χ0n) is 9.54. The van der Waals surface area contributed by atoms with Crippen LogP contribution in [-0.4, -0.2) is 17.1 Å². The Bertz CT molecular complexity index is 630. The third-order valence-electron chi connectivity index (χ3n) is 2.28. The van der Waals surface area contributed by atoms with Crippen LogP contribution in [0.3, 0.4) is 0 Å². The Morgan fingerprint density at radius 1 is 1.44 bits per heavy atom. The van der Waals surface area contributed by atoms with Crippen LogP contribution in [0.5, 0.6) is 0 Å². The van der Waals surface area contributed by atoms with Gasteiger partial charge >= 0.3 is 0 Å². The molecule has 0 aliphatic heterocycles. The number of H-pyrrole nitrogens is 1. The van der Waals surface area contributed by atoms with Crippen molar-refractivity contribution in [2.24, 2.45) is 0 Å². The average molecular weight is 329 g/mol. The Balaban J connectivity index is 2.53. The van der Waals surface area contributed by atoms with Gasteiger partial charge in [0.1, 0.15) is 16.3 Å². The maximum absolute atomic E-state index is 13.0. The number of nitrogens with one attached hydrogen (secondary N) is 1. The van der Waals surface area contributed by atoms with Crippen LogP contribution in [0, 0.1) is 10.5 Å². The third-order valence-corrected chi connectivity index (χ3v) is 3.15. The summed E-state index contributed by atoms with van der Waals surface area (Å²) in [6.45, 7) is 0.415. The zero-order valence-corrected chi connectivity index (χ0v) is 11.9. The van der Waals surface area contributed by atoms with Gasteiger partial charge in [-0.15, -0.1) is 0 Å². The fourth-order valence-corrected chi connectivity index (χ4v) is 2.32. The molecule has 0 saturated carbocycles. The monoisotopic (exact) mass is 328 g/mol. The standard InChI is InChI=1S/C12H10BrFN2OS/c1-17-6-8-5-11(18)16-12(15-8)9-3-2-7(14)4-10(9)13/h2-5H,6H2,1H3,(H,15,16,18). The van der Waals surface area contributed by atoms with Gasteiger partial charge in [0.25, 0.3) is 0 Å². The van der Waals surface area contributed by atoms with Crippen LogP contribution >= 0.6 is 28.1 Å². The van der Waals surface area contributed by atoms with Gasteiger partial charge in [-0.3, -0.25) is 0 Å². The number of halogens is 2. The molecule has 0 bridgehead atoms. The molecule has 0 amide bonds. The van der Waals surface area contributed by atoms with E-state index in [1.165, 1.54) is 12.1 Å². The van der Waals surface area contributed by atoms with Crippen LogP contribution in [-0.2, 0) is 11.3 Å². The van der Waals surface area contributed by atoms with Crippen molar-refractivity contribution in [3.63, 3.8) is 0 Å². The summed E-state index contributed by atoms with van der Waals surface area (Å²) >= 11 is 8.40. The number of nitrogens with zero attached hydrogens (tertiary/aromatic N) is 1. The minimum absolute atomic E-state index is 0.308. The summed E-state index contributed by atoms with van der Waals surface area (Å²) in [5.41, 5.74) is 1.57. The van der Waals surface area contributed by atoms with Gasteiger partial charge in [0.15, 0.2) is 0 Å². The fourth-order valence-electron chi connectivity index (χ4n) is 1.55. The predicted octanol–water partition coefficient (Wildman–Crippen LogP) is 3.85. The summed E-state index contributed by atoms with van der Waals surface area (Å²) in [5, 5.41) is 0. The van der Waals surface area contributed by atoms with Crippen molar-refractivity contribution in [2.45, 2.75) is 6.61 Å². The largest absolute Gasteiger partial charge is 0.378 e. The van der Waals surface area contributed by atoms with Crippen molar-refractivity contribution in [3.05, 3.63) is 44.9 Å². The average Bonchev–Trinajstić information content (AvgIpc) is 2.28. The second-order valence-corrected chi connectivity index (χ2v) is 4.92. The summed E-state index contributed by atoms with van der Waals surface area (Å²) in [7, 11) is 1.60. The molecule has 0 aliphatic carbocycles. The van der Waals surface area contributed by atoms with E-state index in [1.807, 2.05) is 0 Å². The first kappa shape index (κ1) is 13.3. The van der Waals surface area contributed by atoms with Gasteiger partial charge in [-0.1, -0.05) is 12.2 Å². The number of hydrogen-bond acceptors (Lipinski definition) is 3. The van der Waals surface area contributed by atoms with E-state index in [-0.39, 0.29) is 5.82 Å². The molecule has 0 aliphatic rings. The Hall–Kier alpha value is -1.11. The molecule has 0 radical (unpaired) electrons. The van der Waals surface area contributed by atoms with Gasteiger partial charge in [0.05, 0.1) is 6.61 Å². The predicted molar refractivity (Wildman–Crippen MR) is 73.2 cm³/mol. The first-order valence-electron chi connectivity index (χ1n) is 5.15.